The van der Waals surface area contributed by atoms with Crippen molar-refractivity contribution >= 4 is 23.6 Å². The molecule has 4 nitrogen and oxygen atoms in total. The third-order valence-corrected chi connectivity index (χ3v) is 5.11. The lowest BCUT2D eigenvalue weighted by atomic mass is 9.98. The van der Waals surface area contributed by atoms with Crippen molar-refractivity contribution in [1.82, 2.24) is 10.2 Å². The maximum absolute atomic E-state index is 12.2. The van der Waals surface area contributed by atoms with E-state index >= 15 is 0 Å². The van der Waals surface area contributed by atoms with Crippen molar-refractivity contribution in [1.29, 1.82) is 0 Å². The number of carbonyl (C=O) groups excluding carboxylic acids is 2. The maximum Gasteiger partial charge on any atom is 0.246 e. The summed E-state index contributed by atoms with van der Waals surface area (Å²) in [5.41, 5.74) is 2.63. The number of rotatable bonds is 2. The van der Waals surface area contributed by atoms with Gasteiger partial charge in [-0.1, -0.05) is 24.3 Å². The Kier molecular flexibility index (Phi) is 3.81. The van der Waals surface area contributed by atoms with Crippen molar-refractivity contribution in [2.75, 3.05) is 12.8 Å². The highest BCUT2D eigenvalue weighted by atomic mass is 32.2. The zero-order chi connectivity index (χ0) is 14.1. The monoisotopic (exact) mass is 290 g/mol. The molecule has 20 heavy (non-hydrogen) atoms. The molecule has 0 spiro atoms. The van der Waals surface area contributed by atoms with Crippen LogP contribution in [0.4, 0.5) is 0 Å². The minimum Gasteiger partial charge on any atom is -0.298 e. The number of fused-ring (bicyclic) bond motifs is 1. The van der Waals surface area contributed by atoms with Gasteiger partial charge in [-0.3, -0.25) is 19.8 Å². The van der Waals surface area contributed by atoms with E-state index in [0.717, 1.165) is 11.5 Å². The van der Waals surface area contributed by atoms with E-state index in [1.807, 2.05) is 17.8 Å². The van der Waals surface area contributed by atoms with Crippen molar-refractivity contribution in [2.45, 2.75) is 30.7 Å². The molecule has 2 aliphatic rings. The van der Waals surface area contributed by atoms with Crippen LogP contribution in [0.15, 0.2) is 24.3 Å². The quantitative estimate of drug-likeness (QED) is 0.843. The summed E-state index contributed by atoms with van der Waals surface area (Å²) in [5.74, 6) is 1.82. The van der Waals surface area contributed by atoms with Crippen molar-refractivity contribution in [3.05, 3.63) is 35.4 Å². The fourth-order valence-electron chi connectivity index (χ4n) is 2.83. The first-order valence-corrected chi connectivity index (χ1v) is 8.04. The van der Waals surface area contributed by atoms with Crippen LogP contribution in [-0.2, 0) is 15.3 Å². The third kappa shape index (κ3) is 2.47. The lowest BCUT2D eigenvalue weighted by Crippen LogP contribution is -2.52. The molecule has 1 fully saturated rings. The molecule has 2 atom stereocenters. The molecule has 3 rings (SSSR count). The van der Waals surface area contributed by atoms with E-state index in [1.165, 1.54) is 16.0 Å². The molecule has 2 amide bonds. The van der Waals surface area contributed by atoms with Gasteiger partial charge in [0.2, 0.25) is 11.8 Å². The molecular weight excluding hydrogens is 272 g/mol. The van der Waals surface area contributed by atoms with Gasteiger partial charge < -0.3 is 0 Å². The Labute approximate surface area is 122 Å². The van der Waals surface area contributed by atoms with Gasteiger partial charge in [-0.25, -0.2) is 0 Å². The molecule has 5 heteroatoms. The maximum atomic E-state index is 12.2. The van der Waals surface area contributed by atoms with Gasteiger partial charge in [0.05, 0.1) is 6.04 Å². The number of hydrogen-bond acceptors (Lipinski definition) is 4. The minimum absolute atomic E-state index is 0.0773. The summed E-state index contributed by atoms with van der Waals surface area (Å²) in [4.78, 5) is 24.9. The van der Waals surface area contributed by atoms with Crippen LogP contribution in [0.2, 0.25) is 0 Å². The number of likely N-dealkylation sites (N-methyl/N-ethyl adjacent to an activating group) is 1. The second-order valence-corrected chi connectivity index (χ2v) is 6.35. The molecule has 2 heterocycles. The molecule has 106 valence electrons. The Morgan fingerprint density at radius 3 is 2.90 bits per heavy atom. The van der Waals surface area contributed by atoms with Crippen molar-refractivity contribution in [3.8, 4) is 0 Å². The van der Waals surface area contributed by atoms with E-state index in [1.54, 1.807) is 7.05 Å². The summed E-state index contributed by atoms with van der Waals surface area (Å²) in [6, 6.07) is 8.33. The zero-order valence-electron chi connectivity index (χ0n) is 11.5. The van der Waals surface area contributed by atoms with Gasteiger partial charge in [0.1, 0.15) is 0 Å². The predicted molar refractivity (Wildman–Crippen MR) is 79.3 cm³/mol. The summed E-state index contributed by atoms with van der Waals surface area (Å²) in [6.07, 6.45) is 1.05. The molecule has 2 unspecified atom stereocenters. The second-order valence-electron chi connectivity index (χ2n) is 5.32. The normalized spacial score (nSPS) is 26.6. The van der Waals surface area contributed by atoms with E-state index in [2.05, 4.69) is 23.5 Å². The number of likely N-dealkylation sites (tertiary alicyclic amines) is 1. The van der Waals surface area contributed by atoms with E-state index in [4.69, 9.17) is 0 Å². The van der Waals surface area contributed by atoms with Crippen LogP contribution in [-0.4, -0.2) is 35.6 Å². The molecule has 1 saturated heterocycles. The van der Waals surface area contributed by atoms with E-state index < -0.39 is 0 Å². The number of piperidine rings is 1. The van der Waals surface area contributed by atoms with Crippen molar-refractivity contribution in [2.24, 2.45) is 0 Å². The van der Waals surface area contributed by atoms with Gasteiger partial charge in [0.25, 0.3) is 0 Å². The molecule has 0 bridgehead atoms. The molecule has 1 aromatic rings. The molecule has 0 aliphatic carbocycles. The van der Waals surface area contributed by atoms with Crippen LogP contribution >= 0.6 is 11.8 Å². The molecule has 1 aromatic carbocycles. The highest BCUT2D eigenvalue weighted by molar-refractivity contribution is 7.98. The Hall–Kier alpha value is -1.33. The van der Waals surface area contributed by atoms with E-state index in [0.29, 0.717) is 12.8 Å². The summed E-state index contributed by atoms with van der Waals surface area (Å²) in [6.45, 7) is 0. The number of thioether (sulfide) groups is 1. The number of benzene rings is 1. The lowest BCUT2D eigenvalue weighted by Gasteiger charge is -2.33. The fourth-order valence-corrected chi connectivity index (χ4v) is 3.95. The van der Waals surface area contributed by atoms with Crippen LogP contribution in [0.5, 0.6) is 0 Å². The summed E-state index contributed by atoms with van der Waals surface area (Å²) < 4.78 is 0. The van der Waals surface area contributed by atoms with Gasteiger partial charge >= 0.3 is 0 Å². The first-order valence-electron chi connectivity index (χ1n) is 6.89. The van der Waals surface area contributed by atoms with Crippen LogP contribution in [0.1, 0.15) is 30.0 Å². The number of imide groups is 1. The third-order valence-electron chi connectivity index (χ3n) is 4.02. The first kappa shape index (κ1) is 13.6. The van der Waals surface area contributed by atoms with Crippen LogP contribution < -0.4 is 5.32 Å². The molecule has 2 aliphatic heterocycles. The van der Waals surface area contributed by atoms with Gasteiger partial charge in [-0.2, -0.15) is 11.8 Å². The number of hydrogen-bond donors (Lipinski definition) is 1. The summed E-state index contributed by atoms with van der Waals surface area (Å²) in [7, 11) is 1.57. The van der Waals surface area contributed by atoms with Crippen molar-refractivity contribution < 1.29 is 9.59 Å². The highest BCUT2D eigenvalue weighted by Gasteiger charge is 2.34. The number of nitrogens with one attached hydrogen (secondary N) is 1. The lowest BCUT2D eigenvalue weighted by molar-refractivity contribution is -0.148. The largest absolute Gasteiger partial charge is 0.298 e. The summed E-state index contributed by atoms with van der Waals surface area (Å²) in [5, 5.41) is 3.45. The van der Waals surface area contributed by atoms with Gasteiger partial charge in [-0.05, 0) is 17.5 Å². The average molecular weight is 290 g/mol. The molecule has 0 aromatic heterocycles. The van der Waals surface area contributed by atoms with E-state index in [9.17, 15) is 9.59 Å². The Morgan fingerprint density at radius 1 is 1.25 bits per heavy atom. The topological polar surface area (TPSA) is 49.4 Å². The molecular formula is C15H18N2O2S. The second kappa shape index (κ2) is 5.58. The smallest absolute Gasteiger partial charge is 0.246 e. The Morgan fingerprint density at radius 2 is 2.05 bits per heavy atom. The van der Waals surface area contributed by atoms with Gasteiger partial charge in [-0.15, -0.1) is 0 Å². The average Bonchev–Trinajstić information content (AvgIpc) is 2.48. The number of nitrogens with zero attached hydrogens (tertiary/aromatic N) is 1. The van der Waals surface area contributed by atoms with E-state index in [-0.39, 0.29) is 23.9 Å². The molecule has 0 saturated carbocycles. The number of carbonyl (C=O) groups is 2. The fraction of sp³-hybridized carbons (Fsp3) is 0.467. The zero-order valence-corrected chi connectivity index (χ0v) is 12.3. The van der Waals surface area contributed by atoms with Gasteiger partial charge in [0, 0.05) is 31.0 Å². The SMILES string of the molecule is CN1C(=O)CCC(NC2CSCc3ccccc32)C1=O. The van der Waals surface area contributed by atoms with Crippen LogP contribution in [0.25, 0.3) is 0 Å². The number of amides is 2. The van der Waals surface area contributed by atoms with Crippen LogP contribution in [0, 0.1) is 0 Å². The Balaban J connectivity index is 1.76. The molecule has 0 radical (unpaired) electrons. The highest BCUT2D eigenvalue weighted by Crippen LogP contribution is 2.32. The Bertz CT molecular complexity index is 546. The van der Waals surface area contributed by atoms with Crippen molar-refractivity contribution in [3.63, 3.8) is 0 Å². The first-order chi connectivity index (χ1) is 9.66. The standard InChI is InChI=1S/C15H18N2O2S/c1-17-14(18)7-6-12(15(17)19)16-13-9-20-8-10-4-2-3-5-11(10)13/h2-5,12-13,16H,6-9H2,1H3. The van der Waals surface area contributed by atoms with Gasteiger partial charge in [0.15, 0.2) is 0 Å². The minimum atomic E-state index is -0.241. The molecule has 1 N–H and O–H groups in total. The predicted octanol–water partition coefficient (Wildman–Crippen LogP) is 1.71. The van der Waals surface area contributed by atoms with Crippen LogP contribution in [0.3, 0.4) is 0 Å². The summed E-state index contributed by atoms with van der Waals surface area (Å²) >= 11 is 1.88.